The van der Waals surface area contributed by atoms with Gasteiger partial charge in [0.25, 0.3) is 11.6 Å². The molecule has 0 saturated heterocycles. The molecule has 2 amide bonds. The van der Waals surface area contributed by atoms with Crippen molar-refractivity contribution in [2.24, 2.45) is 5.10 Å². The summed E-state index contributed by atoms with van der Waals surface area (Å²) in [5.41, 5.74) is 4.03. The van der Waals surface area contributed by atoms with Crippen LogP contribution in [-0.4, -0.2) is 26.9 Å². The Morgan fingerprint density at radius 3 is 2.37 bits per heavy atom. The largest absolute Gasteiger partial charge is 0.484 e. The molecule has 0 aliphatic heterocycles. The lowest BCUT2D eigenvalue weighted by atomic mass is 10.0. The zero-order chi connectivity index (χ0) is 26.3. The highest BCUT2D eigenvalue weighted by atomic mass is 16.6. The number of nitrogens with zero attached hydrogens (tertiary/aromatic N) is 4. The number of anilines is 1. The highest BCUT2D eigenvalue weighted by molar-refractivity contribution is 6.13. The molecule has 5 rings (SSSR count). The number of nitrogens with one attached hydrogen (secondary N) is 2. The molecule has 4 aromatic carbocycles. The molecule has 0 saturated carbocycles. The number of amides is 2. The summed E-state index contributed by atoms with van der Waals surface area (Å²) < 4.78 is 11.2. The zero-order valence-corrected chi connectivity index (χ0v) is 19.8. The van der Waals surface area contributed by atoms with Gasteiger partial charge >= 0.3 is 12.0 Å². The molecule has 0 unspecified atom stereocenters. The number of nitro groups is 1. The minimum absolute atomic E-state index is 0.0189. The van der Waals surface area contributed by atoms with Gasteiger partial charge in [-0.15, -0.1) is 5.10 Å². The molecule has 2 N–H and O–H groups in total. The van der Waals surface area contributed by atoms with Crippen LogP contribution in [0.2, 0.25) is 0 Å². The molecule has 5 aromatic rings. The summed E-state index contributed by atoms with van der Waals surface area (Å²) in [7, 11) is 0. The van der Waals surface area contributed by atoms with Crippen LogP contribution in [0.25, 0.3) is 10.8 Å². The van der Waals surface area contributed by atoms with Crippen LogP contribution in [0.5, 0.6) is 5.75 Å². The Kier molecular flexibility index (Phi) is 6.98. The van der Waals surface area contributed by atoms with E-state index in [9.17, 15) is 14.9 Å². The molecule has 0 aliphatic carbocycles. The van der Waals surface area contributed by atoms with E-state index < -0.39 is 11.0 Å². The fourth-order valence-corrected chi connectivity index (χ4v) is 3.63. The van der Waals surface area contributed by atoms with Gasteiger partial charge in [-0.2, -0.15) is 5.10 Å². The van der Waals surface area contributed by atoms with Crippen LogP contribution >= 0.6 is 0 Å². The number of hydrogen-bond acceptors (Lipinski definition) is 8. The summed E-state index contributed by atoms with van der Waals surface area (Å²) in [5.74, 6) is 0.816. The van der Waals surface area contributed by atoms with Crippen LogP contribution in [0, 0.1) is 10.1 Å². The summed E-state index contributed by atoms with van der Waals surface area (Å²) in [6, 6.07) is 27.7. The highest BCUT2D eigenvalue weighted by Gasteiger charge is 2.13. The van der Waals surface area contributed by atoms with Gasteiger partial charge in [-0.3, -0.25) is 15.4 Å². The van der Waals surface area contributed by atoms with Gasteiger partial charge in [-0.25, -0.2) is 10.2 Å². The van der Waals surface area contributed by atoms with Gasteiger partial charge < -0.3 is 9.15 Å². The van der Waals surface area contributed by atoms with Gasteiger partial charge in [-0.05, 0) is 35.0 Å². The second-order valence-electron chi connectivity index (χ2n) is 7.99. The van der Waals surface area contributed by atoms with Gasteiger partial charge in [0.1, 0.15) is 5.75 Å². The van der Waals surface area contributed by atoms with Gasteiger partial charge in [0.15, 0.2) is 6.61 Å². The Balaban J connectivity index is 1.23. The molecule has 11 heteroatoms. The highest BCUT2D eigenvalue weighted by Crippen LogP contribution is 2.21. The van der Waals surface area contributed by atoms with Gasteiger partial charge in [0.2, 0.25) is 0 Å². The van der Waals surface area contributed by atoms with Crippen LogP contribution < -0.4 is 15.5 Å². The summed E-state index contributed by atoms with van der Waals surface area (Å²) in [4.78, 5) is 23.0. The second-order valence-corrected chi connectivity index (χ2v) is 7.99. The normalized spacial score (nSPS) is 11.2. The number of carbonyl (C=O) groups is 1. The molecule has 188 valence electrons. The average molecular weight is 508 g/mol. The lowest BCUT2D eigenvalue weighted by Gasteiger charge is -2.08. The number of aromatic nitrogens is 2. The fraction of sp³-hybridized carbons (Fsp3) is 0.0370. The Bertz CT molecular complexity index is 1620. The van der Waals surface area contributed by atoms with Crippen molar-refractivity contribution >= 4 is 34.2 Å². The Morgan fingerprint density at radius 1 is 0.895 bits per heavy atom. The van der Waals surface area contributed by atoms with Crippen LogP contribution in [0.4, 0.5) is 16.5 Å². The molecule has 1 heterocycles. The van der Waals surface area contributed by atoms with Crippen molar-refractivity contribution in [3.8, 4) is 5.75 Å². The maximum Gasteiger partial charge on any atom is 0.343 e. The summed E-state index contributed by atoms with van der Waals surface area (Å²) >= 11 is 0. The van der Waals surface area contributed by atoms with Crippen LogP contribution in [0.15, 0.2) is 107 Å². The molecule has 1 aromatic heterocycles. The van der Waals surface area contributed by atoms with Gasteiger partial charge in [-0.1, -0.05) is 65.8 Å². The molecular formula is C27H20N6O5. The van der Waals surface area contributed by atoms with Crippen molar-refractivity contribution in [1.82, 2.24) is 15.6 Å². The number of rotatable bonds is 8. The summed E-state index contributed by atoms with van der Waals surface area (Å²) in [6.07, 6.45) is 0. The number of nitro benzene ring substituents is 1. The fourth-order valence-electron chi connectivity index (χ4n) is 3.63. The molecule has 38 heavy (non-hydrogen) atoms. The first-order valence-electron chi connectivity index (χ1n) is 11.4. The summed E-state index contributed by atoms with van der Waals surface area (Å²) in [5, 5.41) is 27.5. The topological polar surface area (TPSA) is 145 Å². The average Bonchev–Trinajstić information content (AvgIpc) is 3.40. The minimum Gasteiger partial charge on any atom is -0.484 e. The number of carbonyl (C=O) groups excluding carboxylic acids is 1. The van der Waals surface area contributed by atoms with Crippen LogP contribution in [0.3, 0.4) is 0 Å². The van der Waals surface area contributed by atoms with E-state index in [0.717, 1.165) is 10.8 Å². The van der Waals surface area contributed by atoms with E-state index in [-0.39, 0.29) is 24.2 Å². The standard InChI is InChI=1S/C27H20N6O5/c34-26(31-30-25(19-7-2-1-3-8-19)20-10-13-22(14-11-20)33(35)36)28-27-32-29-24(38-27)17-37-23-15-12-18-6-4-5-9-21(18)16-23/h1-16H,17H2,(H2,28,31,32,34)/b30-25-. The predicted octanol–water partition coefficient (Wildman–Crippen LogP) is 5.28. The minimum atomic E-state index is -0.717. The third kappa shape index (κ3) is 5.79. The number of fused-ring (bicyclic) bond motifs is 1. The maximum atomic E-state index is 12.5. The van der Waals surface area contributed by atoms with E-state index in [1.165, 1.54) is 12.1 Å². The number of benzene rings is 4. The van der Waals surface area contributed by atoms with Crippen molar-refractivity contribution in [1.29, 1.82) is 0 Å². The molecule has 0 bridgehead atoms. The molecule has 0 aliphatic rings. The molecule has 11 nitrogen and oxygen atoms in total. The van der Waals surface area contributed by atoms with E-state index in [4.69, 9.17) is 9.15 Å². The number of non-ortho nitro benzene ring substituents is 1. The third-order valence-electron chi connectivity index (χ3n) is 5.44. The van der Waals surface area contributed by atoms with E-state index in [2.05, 4.69) is 26.0 Å². The quantitative estimate of drug-likeness (QED) is 0.165. The van der Waals surface area contributed by atoms with Gasteiger partial charge in [0.05, 0.1) is 10.6 Å². The lowest BCUT2D eigenvalue weighted by molar-refractivity contribution is -0.384. The van der Waals surface area contributed by atoms with E-state index in [1.54, 1.807) is 24.3 Å². The Hall–Kier alpha value is -5.58. The van der Waals surface area contributed by atoms with Gasteiger partial charge in [0, 0.05) is 23.3 Å². The Morgan fingerprint density at radius 2 is 1.61 bits per heavy atom. The number of hydrazone groups is 1. The monoisotopic (exact) mass is 508 g/mol. The molecular weight excluding hydrogens is 488 g/mol. The summed E-state index contributed by atoms with van der Waals surface area (Å²) in [6.45, 7) is 0.0189. The van der Waals surface area contributed by atoms with Crippen molar-refractivity contribution in [2.75, 3.05) is 5.32 Å². The zero-order valence-electron chi connectivity index (χ0n) is 19.8. The maximum absolute atomic E-state index is 12.5. The number of urea groups is 1. The second kappa shape index (κ2) is 11.0. The van der Waals surface area contributed by atoms with Crippen LogP contribution in [0.1, 0.15) is 17.0 Å². The first-order valence-corrected chi connectivity index (χ1v) is 11.4. The molecule has 0 fully saturated rings. The van der Waals surface area contributed by atoms with Crippen molar-refractivity contribution in [3.05, 3.63) is 124 Å². The van der Waals surface area contributed by atoms with Crippen LogP contribution in [-0.2, 0) is 6.61 Å². The van der Waals surface area contributed by atoms with Crippen molar-refractivity contribution < 1.29 is 18.9 Å². The van der Waals surface area contributed by atoms with Crippen molar-refractivity contribution in [2.45, 2.75) is 6.61 Å². The van der Waals surface area contributed by atoms with E-state index >= 15 is 0 Å². The smallest absolute Gasteiger partial charge is 0.343 e. The molecule has 0 atom stereocenters. The first-order chi connectivity index (χ1) is 18.5. The van der Waals surface area contributed by atoms with E-state index in [1.807, 2.05) is 60.7 Å². The number of hydrogen-bond donors (Lipinski definition) is 2. The lowest BCUT2D eigenvalue weighted by Crippen LogP contribution is -2.26. The van der Waals surface area contributed by atoms with Crippen molar-refractivity contribution in [3.63, 3.8) is 0 Å². The Labute approximate surface area is 215 Å². The third-order valence-corrected chi connectivity index (χ3v) is 5.44. The predicted molar refractivity (Wildman–Crippen MR) is 140 cm³/mol. The number of ether oxygens (including phenoxy) is 1. The molecule has 0 spiro atoms. The molecule has 0 radical (unpaired) electrons. The SMILES string of the molecule is O=C(N/N=C(/c1ccccc1)c1ccc([N+](=O)[O-])cc1)Nc1nnc(COc2ccc3ccccc3c2)o1. The first kappa shape index (κ1) is 24.1. The van der Waals surface area contributed by atoms with E-state index in [0.29, 0.717) is 22.6 Å².